The van der Waals surface area contributed by atoms with Gasteiger partial charge in [-0.3, -0.25) is 0 Å². The molecule has 21 heavy (non-hydrogen) atoms. The Kier molecular flexibility index (Phi) is 6.67. The second-order valence-corrected chi connectivity index (χ2v) is 6.93. The number of urea groups is 1. The van der Waals surface area contributed by atoms with Crippen molar-refractivity contribution in [1.82, 2.24) is 5.32 Å². The molecule has 1 aromatic rings. The van der Waals surface area contributed by atoms with Crippen LogP contribution in [-0.4, -0.2) is 23.1 Å². The molecular formula is C14H18Br2N2O3. The molecule has 0 unspecified atom stereocenters. The summed E-state index contributed by atoms with van der Waals surface area (Å²) in [5.41, 5.74) is 1.59. The number of benzene rings is 1. The predicted molar refractivity (Wildman–Crippen MR) is 89.6 cm³/mol. The minimum atomic E-state index is -1.04. The van der Waals surface area contributed by atoms with Gasteiger partial charge in [-0.2, -0.15) is 0 Å². The SMILES string of the molecule is Cc1cc(Br)c(NC(=O)N[C@@H](CC(C)C)C(=O)O)c(Br)c1. The second-order valence-electron chi connectivity index (χ2n) is 5.22. The largest absolute Gasteiger partial charge is 0.480 e. The van der Waals surface area contributed by atoms with Gasteiger partial charge >= 0.3 is 12.0 Å². The van der Waals surface area contributed by atoms with Crippen molar-refractivity contribution in [1.29, 1.82) is 0 Å². The van der Waals surface area contributed by atoms with Crippen LogP contribution in [0.5, 0.6) is 0 Å². The topological polar surface area (TPSA) is 78.4 Å². The van der Waals surface area contributed by atoms with E-state index in [2.05, 4.69) is 42.5 Å². The Morgan fingerprint density at radius 3 is 2.19 bits per heavy atom. The molecule has 1 rings (SSSR count). The predicted octanol–water partition coefficient (Wildman–Crippen LogP) is 4.14. The zero-order chi connectivity index (χ0) is 16.2. The molecule has 0 saturated carbocycles. The molecule has 116 valence electrons. The lowest BCUT2D eigenvalue weighted by molar-refractivity contribution is -0.139. The van der Waals surface area contributed by atoms with Crippen LogP contribution in [0.4, 0.5) is 10.5 Å². The molecular weight excluding hydrogens is 404 g/mol. The average molecular weight is 422 g/mol. The maximum Gasteiger partial charge on any atom is 0.326 e. The van der Waals surface area contributed by atoms with Crippen molar-refractivity contribution in [3.8, 4) is 0 Å². The Bertz CT molecular complexity index is 524. The molecule has 0 aromatic heterocycles. The highest BCUT2D eigenvalue weighted by Gasteiger charge is 2.21. The fourth-order valence-corrected chi connectivity index (χ4v) is 3.43. The fraction of sp³-hybridized carbons (Fsp3) is 0.429. The van der Waals surface area contributed by atoms with E-state index in [-0.39, 0.29) is 5.92 Å². The van der Waals surface area contributed by atoms with Gasteiger partial charge in [0.05, 0.1) is 5.69 Å². The normalized spacial score (nSPS) is 12.1. The fourth-order valence-electron chi connectivity index (χ4n) is 1.82. The molecule has 0 heterocycles. The summed E-state index contributed by atoms with van der Waals surface area (Å²) in [5.74, 6) is -0.870. The molecule has 0 bridgehead atoms. The first kappa shape index (κ1) is 18.0. The van der Waals surface area contributed by atoms with E-state index >= 15 is 0 Å². The summed E-state index contributed by atoms with van der Waals surface area (Å²) < 4.78 is 1.44. The number of hydrogen-bond donors (Lipinski definition) is 3. The summed E-state index contributed by atoms with van der Waals surface area (Å²) in [4.78, 5) is 23.1. The number of amides is 2. The minimum Gasteiger partial charge on any atom is -0.480 e. The third-order valence-electron chi connectivity index (χ3n) is 2.74. The molecule has 0 aliphatic heterocycles. The van der Waals surface area contributed by atoms with Gasteiger partial charge in [0.25, 0.3) is 0 Å². The number of carboxylic acids is 1. The van der Waals surface area contributed by atoms with Crippen molar-refractivity contribution in [2.45, 2.75) is 33.2 Å². The van der Waals surface area contributed by atoms with E-state index in [0.29, 0.717) is 12.1 Å². The van der Waals surface area contributed by atoms with Crippen LogP contribution in [0.15, 0.2) is 21.1 Å². The molecule has 7 heteroatoms. The van der Waals surface area contributed by atoms with Gasteiger partial charge in [0.15, 0.2) is 0 Å². The number of aliphatic carboxylic acids is 1. The molecule has 0 aliphatic carbocycles. The maximum absolute atomic E-state index is 12.0. The van der Waals surface area contributed by atoms with Gasteiger partial charge in [0.1, 0.15) is 6.04 Å². The molecule has 1 aromatic carbocycles. The Morgan fingerprint density at radius 2 is 1.76 bits per heavy atom. The van der Waals surface area contributed by atoms with Crippen molar-refractivity contribution in [2.24, 2.45) is 5.92 Å². The highest BCUT2D eigenvalue weighted by Crippen LogP contribution is 2.32. The van der Waals surface area contributed by atoms with Gasteiger partial charge in [-0.05, 0) is 68.8 Å². The molecule has 0 fully saturated rings. The molecule has 0 radical (unpaired) electrons. The number of carbonyl (C=O) groups excluding carboxylic acids is 1. The van der Waals surface area contributed by atoms with Crippen LogP contribution >= 0.6 is 31.9 Å². The summed E-state index contributed by atoms with van der Waals surface area (Å²) in [7, 11) is 0. The third-order valence-corrected chi connectivity index (χ3v) is 3.99. The second kappa shape index (κ2) is 7.79. The first-order valence-electron chi connectivity index (χ1n) is 6.46. The van der Waals surface area contributed by atoms with E-state index in [9.17, 15) is 9.59 Å². The zero-order valence-electron chi connectivity index (χ0n) is 12.0. The van der Waals surface area contributed by atoms with Crippen LogP contribution in [0.1, 0.15) is 25.8 Å². The van der Waals surface area contributed by atoms with Crippen LogP contribution in [-0.2, 0) is 4.79 Å². The van der Waals surface area contributed by atoms with E-state index < -0.39 is 18.0 Å². The molecule has 0 aliphatic rings. The van der Waals surface area contributed by atoms with Crippen LogP contribution < -0.4 is 10.6 Å². The number of nitrogens with one attached hydrogen (secondary N) is 2. The Balaban J connectivity index is 2.79. The number of carbonyl (C=O) groups is 2. The highest BCUT2D eigenvalue weighted by molar-refractivity contribution is 9.11. The van der Waals surface area contributed by atoms with Crippen molar-refractivity contribution in [3.05, 3.63) is 26.6 Å². The lowest BCUT2D eigenvalue weighted by Gasteiger charge is -2.18. The number of rotatable bonds is 5. The van der Waals surface area contributed by atoms with Gasteiger partial charge < -0.3 is 15.7 Å². The van der Waals surface area contributed by atoms with Gasteiger partial charge in [0, 0.05) is 8.95 Å². The van der Waals surface area contributed by atoms with Crippen LogP contribution in [0.2, 0.25) is 0 Å². The lowest BCUT2D eigenvalue weighted by atomic mass is 10.0. The van der Waals surface area contributed by atoms with Crippen molar-refractivity contribution in [3.63, 3.8) is 0 Å². The number of halogens is 2. The van der Waals surface area contributed by atoms with Gasteiger partial charge in [-0.1, -0.05) is 13.8 Å². The van der Waals surface area contributed by atoms with Gasteiger partial charge in [-0.15, -0.1) is 0 Å². The summed E-state index contributed by atoms with van der Waals surface area (Å²) in [6.45, 7) is 5.74. The van der Waals surface area contributed by atoms with Crippen LogP contribution in [0.3, 0.4) is 0 Å². The van der Waals surface area contributed by atoms with E-state index in [1.807, 2.05) is 32.9 Å². The number of aryl methyl sites for hydroxylation is 1. The van der Waals surface area contributed by atoms with E-state index in [4.69, 9.17) is 5.11 Å². The van der Waals surface area contributed by atoms with E-state index in [1.165, 1.54) is 0 Å². The Labute approximate surface area is 140 Å². The molecule has 3 N–H and O–H groups in total. The number of anilines is 1. The Hall–Kier alpha value is -1.08. The molecule has 0 saturated heterocycles. The quantitative estimate of drug-likeness (QED) is 0.668. The summed E-state index contributed by atoms with van der Waals surface area (Å²) >= 11 is 6.75. The molecule has 5 nitrogen and oxygen atoms in total. The molecule has 1 atom stereocenters. The first-order valence-corrected chi connectivity index (χ1v) is 8.05. The summed E-state index contributed by atoms with van der Waals surface area (Å²) in [6, 6.07) is 2.27. The number of hydrogen-bond acceptors (Lipinski definition) is 2. The summed E-state index contributed by atoms with van der Waals surface area (Å²) in [5, 5.41) is 14.3. The monoisotopic (exact) mass is 420 g/mol. The third kappa shape index (κ3) is 5.67. The highest BCUT2D eigenvalue weighted by atomic mass is 79.9. The maximum atomic E-state index is 12.0. The van der Waals surface area contributed by atoms with Crippen molar-refractivity contribution in [2.75, 3.05) is 5.32 Å². The Morgan fingerprint density at radius 1 is 1.24 bits per heavy atom. The zero-order valence-corrected chi connectivity index (χ0v) is 15.2. The average Bonchev–Trinajstić information content (AvgIpc) is 2.32. The van der Waals surface area contributed by atoms with E-state index in [1.54, 1.807) is 0 Å². The van der Waals surface area contributed by atoms with Crippen molar-refractivity contribution >= 4 is 49.5 Å². The number of carboxylic acid groups (broad SMARTS) is 1. The van der Waals surface area contributed by atoms with Gasteiger partial charge in [0.2, 0.25) is 0 Å². The lowest BCUT2D eigenvalue weighted by Crippen LogP contribution is -2.43. The van der Waals surface area contributed by atoms with Gasteiger partial charge in [-0.25, -0.2) is 9.59 Å². The molecule has 0 spiro atoms. The minimum absolute atomic E-state index is 0.171. The summed E-state index contributed by atoms with van der Waals surface area (Å²) in [6.07, 6.45) is 0.374. The smallest absolute Gasteiger partial charge is 0.326 e. The molecule has 2 amide bonds. The van der Waals surface area contributed by atoms with Crippen LogP contribution in [0, 0.1) is 12.8 Å². The standard InChI is InChI=1S/C14H18Br2N2O3/c1-7(2)4-11(13(19)20)17-14(21)18-12-9(15)5-8(3)6-10(12)16/h5-7,11H,4H2,1-3H3,(H,19,20)(H2,17,18,21)/t11-/m0/s1. The van der Waals surface area contributed by atoms with Crippen LogP contribution in [0.25, 0.3) is 0 Å². The van der Waals surface area contributed by atoms with E-state index in [0.717, 1.165) is 14.5 Å². The van der Waals surface area contributed by atoms with Crippen molar-refractivity contribution < 1.29 is 14.7 Å². The first-order chi connectivity index (χ1) is 9.70.